The molecule has 1 saturated heterocycles. The number of rotatable bonds is 10. The molecular formula is C31H37NO2. The third-order valence-corrected chi connectivity index (χ3v) is 7.22. The first-order valence-corrected chi connectivity index (χ1v) is 12.6. The van der Waals surface area contributed by atoms with E-state index in [1.54, 1.807) is 0 Å². The molecule has 0 bridgehead atoms. The molecule has 4 rings (SSSR count). The van der Waals surface area contributed by atoms with Crippen LogP contribution in [-0.4, -0.2) is 34.4 Å². The highest BCUT2D eigenvalue weighted by Crippen LogP contribution is 2.45. The molecular weight excluding hydrogens is 418 g/mol. The number of aliphatic hydroxyl groups excluding tert-OH is 1. The van der Waals surface area contributed by atoms with E-state index >= 15 is 0 Å². The van der Waals surface area contributed by atoms with Crippen molar-refractivity contribution in [1.82, 2.24) is 4.90 Å². The Balaban J connectivity index is 1.73. The zero-order chi connectivity index (χ0) is 23.8. The zero-order valence-electron chi connectivity index (χ0n) is 20.0. The van der Waals surface area contributed by atoms with Crippen molar-refractivity contribution in [2.24, 2.45) is 0 Å². The quantitative estimate of drug-likeness (QED) is 0.368. The number of aliphatic hydroxyl groups is 2. The minimum Gasteiger partial charge on any atom is -0.380 e. The lowest BCUT2D eigenvalue weighted by Gasteiger charge is -2.39. The second kappa shape index (κ2) is 11.6. The highest BCUT2D eigenvalue weighted by molar-refractivity contribution is 5.42. The normalized spacial score (nSPS) is 16.6. The molecule has 3 aromatic carbocycles. The summed E-state index contributed by atoms with van der Waals surface area (Å²) >= 11 is 0. The summed E-state index contributed by atoms with van der Waals surface area (Å²) in [5, 5.41) is 23.6. The first-order valence-electron chi connectivity index (χ1n) is 12.6. The van der Waals surface area contributed by atoms with Gasteiger partial charge in [-0.15, -0.1) is 6.58 Å². The van der Waals surface area contributed by atoms with E-state index in [2.05, 4.69) is 35.7 Å². The van der Waals surface area contributed by atoms with Crippen LogP contribution in [0.4, 0.5) is 0 Å². The molecule has 0 spiro atoms. The van der Waals surface area contributed by atoms with E-state index in [0.29, 0.717) is 12.8 Å². The molecule has 1 aliphatic heterocycles. The maximum absolute atomic E-state index is 12.6. The molecule has 34 heavy (non-hydrogen) atoms. The van der Waals surface area contributed by atoms with Crippen LogP contribution in [0.5, 0.6) is 0 Å². The second-order valence-electron chi connectivity index (χ2n) is 9.44. The third-order valence-electron chi connectivity index (χ3n) is 7.22. The van der Waals surface area contributed by atoms with Crippen molar-refractivity contribution < 1.29 is 10.2 Å². The number of hydrogen-bond donors (Lipinski definition) is 2. The number of piperidine rings is 1. The van der Waals surface area contributed by atoms with Gasteiger partial charge in [0.1, 0.15) is 11.8 Å². The molecule has 0 aliphatic carbocycles. The smallest absolute Gasteiger partial charge is 0.121 e. The predicted molar refractivity (Wildman–Crippen MR) is 140 cm³/mol. The van der Waals surface area contributed by atoms with Crippen LogP contribution >= 0.6 is 0 Å². The van der Waals surface area contributed by atoms with Crippen LogP contribution in [0.3, 0.4) is 0 Å². The van der Waals surface area contributed by atoms with Crippen LogP contribution in [0.15, 0.2) is 97.6 Å². The molecule has 3 heteroatoms. The van der Waals surface area contributed by atoms with Gasteiger partial charge in [-0.1, -0.05) is 97.4 Å². The Morgan fingerprint density at radius 3 is 1.88 bits per heavy atom. The zero-order valence-corrected chi connectivity index (χ0v) is 20.0. The van der Waals surface area contributed by atoms with Crippen molar-refractivity contribution in [3.63, 3.8) is 0 Å². The van der Waals surface area contributed by atoms with Gasteiger partial charge in [0.05, 0.1) is 0 Å². The molecule has 1 fully saturated rings. The Morgan fingerprint density at radius 1 is 0.794 bits per heavy atom. The van der Waals surface area contributed by atoms with Gasteiger partial charge in [-0.2, -0.15) is 0 Å². The second-order valence-corrected chi connectivity index (χ2v) is 9.44. The van der Waals surface area contributed by atoms with Crippen molar-refractivity contribution in [2.75, 3.05) is 13.1 Å². The molecule has 3 nitrogen and oxygen atoms in total. The fraction of sp³-hybridized carbons (Fsp3) is 0.355. The highest BCUT2D eigenvalue weighted by atomic mass is 16.3. The van der Waals surface area contributed by atoms with E-state index in [1.807, 2.05) is 66.7 Å². The van der Waals surface area contributed by atoms with Gasteiger partial charge in [0.15, 0.2) is 0 Å². The van der Waals surface area contributed by atoms with Crippen molar-refractivity contribution in [3.8, 4) is 0 Å². The summed E-state index contributed by atoms with van der Waals surface area (Å²) < 4.78 is 0. The van der Waals surface area contributed by atoms with E-state index in [1.165, 1.54) is 12.0 Å². The summed E-state index contributed by atoms with van der Waals surface area (Å²) in [6, 6.07) is 28.4. The number of likely N-dealkylation sites (tertiary alicyclic amines) is 1. The largest absolute Gasteiger partial charge is 0.380 e. The first kappa shape index (κ1) is 24.4. The van der Waals surface area contributed by atoms with Crippen LogP contribution in [0, 0.1) is 0 Å². The molecule has 3 aromatic rings. The van der Waals surface area contributed by atoms with Crippen molar-refractivity contribution in [1.29, 1.82) is 0 Å². The van der Waals surface area contributed by atoms with Crippen molar-refractivity contribution in [2.45, 2.75) is 56.3 Å². The minimum atomic E-state index is -1.22. The summed E-state index contributed by atoms with van der Waals surface area (Å²) in [6.07, 6.45) is 7.04. The van der Waals surface area contributed by atoms with E-state index in [-0.39, 0.29) is 5.92 Å². The molecule has 1 aliphatic rings. The Morgan fingerprint density at radius 2 is 1.35 bits per heavy atom. The summed E-state index contributed by atoms with van der Waals surface area (Å²) in [4.78, 5) is 2.19. The van der Waals surface area contributed by atoms with Gasteiger partial charge in [0.2, 0.25) is 0 Å². The number of nitrogens with zero attached hydrogens (tertiary/aromatic N) is 1. The van der Waals surface area contributed by atoms with Gasteiger partial charge in [0.25, 0.3) is 0 Å². The van der Waals surface area contributed by atoms with Gasteiger partial charge < -0.3 is 10.2 Å². The predicted octanol–water partition coefficient (Wildman–Crippen LogP) is 6.02. The fourth-order valence-corrected chi connectivity index (χ4v) is 5.34. The summed E-state index contributed by atoms with van der Waals surface area (Å²) in [6.45, 7) is 5.75. The fourth-order valence-electron chi connectivity index (χ4n) is 5.34. The number of benzene rings is 3. The van der Waals surface area contributed by atoms with Crippen LogP contribution in [0.2, 0.25) is 0 Å². The third kappa shape index (κ3) is 5.50. The Hall–Kier alpha value is -2.72. The monoisotopic (exact) mass is 455 g/mol. The maximum Gasteiger partial charge on any atom is 0.121 e. The Bertz CT molecular complexity index is 971. The van der Waals surface area contributed by atoms with Crippen LogP contribution in [0.25, 0.3) is 0 Å². The first-order chi connectivity index (χ1) is 16.6. The molecule has 178 valence electrons. The van der Waals surface area contributed by atoms with Crippen molar-refractivity contribution in [3.05, 3.63) is 120 Å². The summed E-state index contributed by atoms with van der Waals surface area (Å²) in [5.74, 6) is -0.213. The van der Waals surface area contributed by atoms with Crippen LogP contribution < -0.4 is 0 Å². The molecule has 2 atom stereocenters. The van der Waals surface area contributed by atoms with Gasteiger partial charge in [-0.3, -0.25) is 4.90 Å². The topological polar surface area (TPSA) is 43.7 Å². The van der Waals surface area contributed by atoms with E-state index in [9.17, 15) is 10.2 Å². The SMILES string of the molecule is C=CCc1ccc(C(CCC(O)N2CCCCC2)C(O)(c2ccccc2)c2ccccc2)cc1. The molecule has 0 radical (unpaired) electrons. The van der Waals surface area contributed by atoms with Crippen molar-refractivity contribution >= 4 is 0 Å². The van der Waals surface area contributed by atoms with Crippen LogP contribution in [-0.2, 0) is 12.0 Å². The molecule has 1 heterocycles. The minimum absolute atomic E-state index is 0.213. The number of allylic oxidation sites excluding steroid dienone is 1. The molecule has 0 aromatic heterocycles. The average Bonchev–Trinajstić information content (AvgIpc) is 2.91. The standard InChI is InChI=1S/C31H37NO2/c1-2-12-25-17-19-26(20-18-25)29(21-22-30(33)32-23-10-5-11-24-32)31(34,27-13-6-3-7-14-27)28-15-8-4-9-16-28/h2-4,6-9,13-20,29-30,33-34H,1,5,10-12,21-24H2. The Labute approximate surface area is 204 Å². The van der Waals surface area contributed by atoms with Gasteiger partial charge >= 0.3 is 0 Å². The lowest BCUT2D eigenvalue weighted by molar-refractivity contribution is -0.0241. The van der Waals surface area contributed by atoms with E-state index in [0.717, 1.165) is 49.0 Å². The summed E-state index contributed by atoms with van der Waals surface area (Å²) in [5.41, 5.74) is 2.80. The van der Waals surface area contributed by atoms with E-state index in [4.69, 9.17) is 0 Å². The van der Waals surface area contributed by atoms with E-state index < -0.39 is 11.8 Å². The van der Waals surface area contributed by atoms with Gasteiger partial charge in [0, 0.05) is 19.0 Å². The molecule has 2 N–H and O–H groups in total. The lowest BCUT2D eigenvalue weighted by atomic mass is 9.71. The average molecular weight is 456 g/mol. The summed E-state index contributed by atoms with van der Waals surface area (Å²) in [7, 11) is 0. The Kier molecular flexibility index (Phi) is 8.34. The van der Waals surface area contributed by atoms with Gasteiger partial charge in [-0.05, 0) is 54.4 Å². The van der Waals surface area contributed by atoms with Crippen LogP contribution in [0.1, 0.15) is 60.3 Å². The highest BCUT2D eigenvalue weighted by Gasteiger charge is 2.41. The lowest BCUT2D eigenvalue weighted by Crippen LogP contribution is -2.40. The molecule has 0 saturated carbocycles. The number of hydrogen-bond acceptors (Lipinski definition) is 3. The molecule has 2 unspecified atom stereocenters. The van der Waals surface area contributed by atoms with Gasteiger partial charge in [-0.25, -0.2) is 0 Å². The molecule has 0 amide bonds. The maximum atomic E-state index is 12.6.